The normalized spacial score (nSPS) is 10.3. The van der Waals surface area contributed by atoms with Crippen LogP contribution in [0.3, 0.4) is 0 Å². The van der Waals surface area contributed by atoms with E-state index in [1.54, 1.807) is 12.1 Å². The number of halogens is 2. The zero-order valence-corrected chi connectivity index (χ0v) is 11.4. The Bertz CT molecular complexity index is 656. The van der Waals surface area contributed by atoms with Crippen molar-refractivity contribution in [3.05, 3.63) is 63.9 Å². The number of rotatable bonds is 4. The Hall–Kier alpha value is -2.07. The van der Waals surface area contributed by atoms with Crippen molar-refractivity contribution in [3.8, 4) is 5.75 Å². The van der Waals surface area contributed by atoms with Crippen molar-refractivity contribution in [1.82, 2.24) is 0 Å². The second-order valence-electron chi connectivity index (χ2n) is 4.34. The van der Waals surface area contributed by atoms with E-state index in [4.69, 9.17) is 21.4 Å². The van der Waals surface area contributed by atoms with Crippen LogP contribution in [0.2, 0.25) is 5.02 Å². The van der Waals surface area contributed by atoms with Crippen LogP contribution in [0.5, 0.6) is 5.75 Å². The smallest absolute Gasteiger partial charge is 0.338 e. The molecule has 2 aromatic carbocycles. The van der Waals surface area contributed by atoms with E-state index in [1.165, 1.54) is 12.1 Å². The summed E-state index contributed by atoms with van der Waals surface area (Å²) in [6.07, 6.45) is 0. The predicted molar refractivity (Wildman–Crippen MR) is 73.9 cm³/mol. The predicted octanol–water partition coefficient (Wildman–Crippen LogP) is 4.06. The maximum Gasteiger partial charge on any atom is 0.338 e. The fraction of sp³-hybridized carbons (Fsp3) is 0.133. The molecule has 0 aromatic heterocycles. The van der Waals surface area contributed by atoms with E-state index in [9.17, 15) is 9.18 Å². The van der Waals surface area contributed by atoms with Crippen LogP contribution < -0.4 is 4.74 Å². The summed E-state index contributed by atoms with van der Waals surface area (Å²) in [5, 5.41) is 9.33. The number of aromatic carboxylic acids is 1. The van der Waals surface area contributed by atoms with Crippen LogP contribution in [-0.2, 0) is 6.61 Å². The highest BCUT2D eigenvalue weighted by Crippen LogP contribution is 2.26. The summed E-state index contributed by atoms with van der Waals surface area (Å²) >= 11 is 6.02. The molecule has 0 aliphatic carbocycles. The molecule has 104 valence electrons. The quantitative estimate of drug-likeness (QED) is 0.925. The van der Waals surface area contributed by atoms with Gasteiger partial charge in [0.1, 0.15) is 18.2 Å². The number of carboxylic acid groups (broad SMARTS) is 1. The summed E-state index contributed by atoms with van der Waals surface area (Å²) in [5.41, 5.74) is 1.19. The fourth-order valence-corrected chi connectivity index (χ4v) is 2.00. The van der Waals surface area contributed by atoms with Crippen molar-refractivity contribution in [3.63, 3.8) is 0 Å². The van der Waals surface area contributed by atoms with Crippen LogP contribution in [0.4, 0.5) is 4.39 Å². The third-order valence-electron chi connectivity index (χ3n) is 2.74. The van der Waals surface area contributed by atoms with Gasteiger partial charge >= 0.3 is 5.97 Å². The van der Waals surface area contributed by atoms with Gasteiger partial charge in [-0.3, -0.25) is 0 Å². The average molecular weight is 295 g/mol. The standard InChI is InChI=1S/C15H12ClFO3/c1-9-2-5-14(12(16)6-9)20-8-10-3-4-13(17)11(7-10)15(18)19/h2-7H,8H2,1H3,(H,18,19). The minimum absolute atomic E-state index is 0.114. The first kappa shape index (κ1) is 14.3. The van der Waals surface area contributed by atoms with Crippen molar-refractivity contribution >= 4 is 17.6 Å². The van der Waals surface area contributed by atoms with Gasteiger partial charge in [0.15, 0.2) is 0 Å². The lowest BCUT2D eigenvalue weighted by molar-refractivity contribution is 0.0691. The molecule has 0 radical (unpaired) electrons. The van der Waals surface area contributed by atoms with Crippen molar-refractivity contribution in [1.29, 1.82) is 0 Å². The summed E-state index contributed by atoms with van der Waals surface area (Å²) in [5.74, 6) is -1.58. The molecule has 2 rings (SSSR count). The lowest BCUT2D eigenvalue weighted by Crippen LogP contribution is -2.03. The van der Waals surface area contributed by atoms with E-state index in [0.717, 1.165) is 11.6 Å². The van der Waals surface area contributed by atoms with Gasteiger partial charge in [-0.1, -0.05) is 23.7 Å². The van der Waals surface area contributed by atoms with Crippen molar-refractivity contribution in [2.75, 3.05) is 0 Å². The topological polar surface area (TPSA) is 46.5 Å². The molecule has 3 nitrogen and oxygen atoms in total. The van der Waals surface area contributed by atoms with E-state index in [0.29, 0.717) is 16.3 Å². The molecule has 0 amide bonds. The van der Waals surface area contributed by atoms with Gasteiger partial charge in [-0.15, -0.1) is 0 Å². The van der Waals surface area contributed by atoms with Gasteiger partial charge in [-0.25, -0.2) is 9.18 Å². The first-order chi connectivity index (χ1) is 9.47. The molecule has 0 aliphatic rings. The first-order valence-corrected chi connectivity index (χ1v) is 6.26. The number of hydrogen-bond acceptors (Lipinski definition) is 2. The number of hydrogen-bond donors (Lipinski definition) is 1. The molecule has 20 heavy (non-hydrogen) atoms. The lowest BCUT2D eigenvalue weighted by Gasteiger charge is -2.09. The fourth-order valence-electron chi connectivity index (χ4n) is 1.71. The zero-order valence-electron chi connectivity index (χ0n) is 10.7. The molecule has 0 saturated heterocycles. The molecule has 0 fully saturated rings. The maximum absolute atomic E-state index is 13.2. The second-order valence-corrected chi connectivity index (χ2v) is 4.75. The SMILES string of the molecule is Cc1ccc(OCc2ccc(F)c(C(=O)O)c2)c(Cl)c1. The minimum Gasteiger partial charge on any atom is -0.487 e. The molecule has 2 aromatic rings. The number of carbonyl (C=O) groups is 1. The van der Waals surface area contributed by atoms with E-state index in [1.807, 2.05) is 13.0 Å². The minimum atomic E-state index is -1.31. The molecule has 5 heteroatoms. The van der Waals surface area contributed by atoms with Crippen LogP contribution >= 0.6 is 11.6 Å². The Morgan fingerprint density at radius 1 is 1.30 bits per heavy atom. The Morgan fingerprint density at radius 3 is 2.70 bits per heavy atom. The van der Waals surface area contributed by atoms with Crippen molar-refractivity contribution < 1.29 is 19.0 Å². The molecular weight excluding hydrogens is 283 g/mol. The van der Waals surface area contributed by atoms with Gasteiger partial charge in [0.05, 0.1) is 10.6 Å². The molecule has 0 heterocycles. The molecule has 0 bridgehead atoms. The first-order valence-electron chi connectivity index (χ1n) is 5.88. The largest absolute Gasteiger partial charge is 0.487 e. The summed E-state index contributed by atoms with van der Waals surface area (Å²) in [4.78, 5) is 10.8. The maximum atomic E-state index is 13.2. The molecular formula is C15H12ClFO3. The molecule has 0 aliphatic heterocycles. The van der Waals surface area contributed by atoms with Gasteiger partial charge in [0.2, 0.25) is 0 Å². The molecule has 0 unspecified atom stereocenters. The van der Waals surface area contributed by atoms with Crippen molar-refractivity contribution in [2.24, 2.45) is 0 Å². The highest BCUT2D eigenvalue weighted by molar-refractivity contribution is 6.32. The van der Waals surface area contributed by atoms with Gasteiger partial charge < -0.3 is 9.84 Å². The number of aryl methyl sites for hydroxylation is 1. The van der Waals surface area contributed by atoms with Gasteiger partial charge in [-0.05, 0) is 42.3 Å². The van der Waals surface area contributed by atoms with E-state index in [2.05, 4.69) is 0 Å². The van der Waals surface area contributed by atoms with Crippen LogP contribution in [0.15, 0.2) is 36.4 Å². The number of carboxylic acids is 1. The monoisotopic (exact) mass is 294 g/mol. The van der Waals surface area contributed by atoms with Gasteiger partial charge in [0, 0.05) is 0 Å². The van der Waals surface area contributed by atoms with Crippen LogP contribution in [-0.4, -0.2) is 11.1 Å². The summed E-state index contributed by atoms with van der Waals surface area (Å²) in [7, 11) is 0. The Kier molecular flexibility index (Phi) is 4.25. The number of ether oxygens (including phenoxy) is 1. The van der Waals surface area contributed by atoms with Crippen LogP contribution in [0.25, 0.3) is 0 Å². The number of benzene rings is 2. The van der Waals surface area contributed by atoms with E-state index < -0.39 is 11.8 Å². The van der Waals surface area contributed by atoms with Gasteiger partial charge in [-0.2, -0.15) is 0 Å². The van der Waals surface area contributed by atoms with Crippen LogP contribution in [0, 0.1) is 12.7 Å². The average Bonchev–Trinajstić information content (AvgIpc) is 2.39. The molecule has 0 spiro atoms. The second kappa shape index (κ2) is 5.92. The van der Waals surface area contributed by atoms with Crippen LogP contribution in [0.1, 0.15) is 21.5 Å². The molecule has 0 atom stereocenters. The van der Waals surface area contributed by atoms with Gasteiger partial charge in [0.25, 0.3) is 0 Å². The summed E-state index contributed by atoms with van der Waals surface area (Å²) < 4.78 is 18.8. The summed E-state index contributed by atoms with van der Waals surface area (Å²) in [6, 6.07) is 9.20. The van der Waals surface area contributed by atoms with E-state index in [-0.39, 0.29) is 12.2 Å². The molecule has 0 saturated carbocycles. The third-order valence-corrected chi connectivity index (χ3v) is 3.04. The Balaban J connectivity index is 2.15. The highest BCUT2D eigenvalue weighted by atomic mass is 35.5. The zero-order chi connectivity index (χ0) is 14.7. The summed E-state index contributed by atoms with van der Waals surface area (Å²) in [6.45, 7) is 2.03. The van der Waals surface area contributed by atoms with E-state index >= 15 is 0 Å². The molecule has 1 N–H and O–H groups in total. The Labute approximate surface area is 120 Å². The van der Waals surface area contributed by atoms with Crippen molar-refractivity contribution in [2.45, 2.75) is 13.5 Å². The third kappa shape index (κ3) is 3.27. The lowest BCUT2D eigenvalue weighted by atomic mass is 10.1. The highest BCUT2D eigenvalue weighted by Gasteiger charge is 2.11. The Morgan fingerprint density at radius 2 is 2.05 bits per heavy atom.